The lowest BCUT2D eigenvalue weighted by atomic mass is 10.1. The Morgan fingerprint density at radius 1 is 1.18 bits per heavy atom. The highest BCUT2D eigenvalue weighted by molar-refractivity contribution is 6.32. The molecule has 9 nitrogen and oxygen atoms in total. The number of rotatable bonds is 6. The number of hydrogen-bond acceptors (Lipinski definition) is 8. The molecule has 10 heteroatoms. The maximum Gasteiger partial charge on any atom is 0.255 e. The van der Waals surface area contributed by atoms with Gasteiger partial charge in [-0.3, -0.25) is 4.79 Å². The summed E-state index contributed by atoms with van der Waals surface area (Å²) >= 11 is 6.40. The van der Waals surface area contributed by atoms with Gasteiger partial charge in [0.15, 0.2) is 5.82 Å². The summed E-state index contributed by atoms with van der Waals surface area (Å²) in [4.78, 5) is 25.4. The minimum Gasteiger partial charge on any atom is -0.494 e. The number of fused-ring (bicyclic) bond motifs is 1. The number of hydrogen-bond donors (Lipinski definition) is 2. The molecule has 5 rings (SSSR count). The van der Waals surface area contributed by atoms with E-state index in [4.69, 9.17) is 21.1 Å². The van der Waals surface area contributed by atoms with Crippen molar-refractivity contribution in [3.05, 3.63) is 64.8 Å². The maximum absolute atomic E-state index is 12.6. The van der Waals surface area contributed by atoms with Gasteiger partial charge in [0.2, 0.25) is 5.95 Å². The number of carbonyl (C=O) groups is 1. The van der Waals surface area contributed by atoms with Crippen molar-refractivity contribution in [1.29, 1.82) is 0 Å². The number of nitrogens with zero attached hydrogens (tertiary/aromatic N) is 4. The van der Waals surface area contributed by atoms with Crippen LogP contribution in [-0.2, 0) is 4.74 Å². The van der Waals surface area contributed by atoms with Gasteiger partial charge in [0.05, 0.1) is 32.2 Å². The molecule has 3 aromatic rings. The van der Waals surface area contributed by atoms with Crippen LogP contribution in [0, 0.1) is 0 Å². The maximum atomic E-state index is 12.6. The normalized spacial score (nSPS) is 17.5. The lowest BCUT2D eigenvalue weighted by molar-refractivity contribution is 0.0788. The van der Waals surface area contributed by atoms with Gasteiger partial charge in [-0.15, -0.1) is 0 Å². The van der Waals surface area contributed by atoms with E-state index in [0.717, 1.165) is 30.0 Å². The first kappa shape index (κ1) is 22.2. The lowest BCUT2D eigenvalue weighted by Crippen LogP contribution is -2.36. The smallest absolute Gasteiger partial charge is 0.255 e. The third-order valence-electron chi connectivity index (χ3n) is 6.02. The second-order valence-electron chi connectivity index (χ2n) is 8.05. The van der Waals surface area contributed by atoms with E-state index >= 15 is 0 Å². The number of morpholine rings is 1. The van der Waals surface area contributed by atoms with E-state index in [0.29, 0.717) is 41.3 Å². The average molecular weight is 481 g/mol. The number of nitrogens with one attached hydrogen (secondary N) is 2. The molecule has 0 saturated carbocycles. The Hall–Kier alpha value is -3.56. The summed E-state index contributed by atoms with van der Waals surface area (Å²) in [5.41, 5.74) is 3.33. The van der Waals surface area contributed by atoms with Crippen LogP contribution in [0.4, 0.5) is 23.1 Å². The van der Waals surface area contributed by atoms with Crippen LogP contribution in [0.1, 0.15) is 22.1 Å². The van der Waals surface area contributed by atoms with Gasteiger partial charge >= 0.3 is 0 Å². The second-order valence-corrected chi connectivity index (χ2v) is 8.46. The molecule has 3 heterocycles. The van der Waals surface area contributed by atoms with Crippen molar-refractivity contribution in [2.45, 2.75) is 6.17 Å². The van der Waals surface area contributed by atoms with Crippen molar-refractivity contribution in [2.24, 2.45) is 0 Å². The first-order valence-corrected chi connectivity index (χ1v) is 11.4. The summed E-state index contributed by atoms with van der Waals surface area (Å²) in [5, 5.41) is 6.85. The zero-order chi connectivity index (χ0) is 23.7. The summed E-state index contributed by atoms with van der Waals surface area (Å²) in [7, 11) is 3.37. The predicted octanol–water partition coefficient (Wildman–Crippen LogP) is 3.92. The van der Waals surface area contributed by atoms with E-state index in [1.165, 1.54) is 6.20 Å². The van der Waals surface area contributed by atoms with Crippen molar-refractivity contribution in [2.75, 3.05) is 56.0 Å². The van der Waals surface area contributed by atoms with Gasteiger partial charge in [-0.25, -0.2) is 4.98 Å². The molecule has 2 N–H and O–H groups in total. The third kappa shape index (κ3) is 4.20. The number of carbonyl (C=O) groups excluding carboxylic acids is 1. The Kier molecular flexibility index (Phi) is 6.12. The summed E-state index contributed by atoms with van der Waals surface area (Å²) < 4.78 is 11.1. The largest absolute Gasteiger partial charge is 0.494 e. The van der Waals surface area contributed by atoms with E-state index in [1.807, 2.05) is 42.5 Å². The number of aromatic nitrogens is 2. The number of ether oxygens (including phenoxy) is 2. The quantitative estimate of drug-likeness (QED) is 0.548. The summed E-state index contributed by atoms with van der Waals surface area (Å²) in [6, 6.07) is 13.4. The van der Waals surface area contributed by atoms with E-state index in [9.17, 15) is 4.79 Å². The van der Waals surface area contributed by atoms with Crippen molar-refractivity contribution >= 4 is 40.6 Å². The lowest BCUT2D eigenvalue weighted by Gasteiger charge is -2.29. The number of halogens is 1. The topological polar surface area (TPSA) is 91.8 Å². The molecule has 2 aliphatic rings. The van der Waals surface area contributed by atoms with Crippen molar-refractivity contribution in [3.63, 3.8) is 0 Å². The monoisotopic (exact) mass is 480 g/mol. The van der Waals surface area contributed by atoms with E-state index < -0.39 is 0 Å². The minimum absolute atomic E-state index is 0.0540. The van der Waals surface area contributed by atoms with Gasteiger partial charge in [0, 0.05) is 43.0 Å². The summed E-state index contributed by atoms with van der Waals surface area (Å²) in [6.45, 7) is 3.10. The van der Waals surface area contributed by atoms with Gasteiger partial charge < -0.3 is 29.9 Å². The van der Waals surface area contributed by atoms with Crippen LogP contribution in [0.25, 0.3) is 0 Å². The SMILES string of the molecule is COc1cc(N2CCOCC2)ccc1Nc1ncc(Cl)c(NC2c3ccccc3C(=O)N2C)n1. The second kappa shape index (κ2) is 9.36. The molecule has 1 amide bonds. The molecule has 1 fully saturated rings. The zero-order valence-electron chi connectivity index (χ0n) is 18.9. The number of anilines is 4. The highest BCUT2D eigenvalue weighted by atomic mass is 35.5. The van der Waals surface area contributed by atoms with Gasteiger partial charge in [-0.2, -0.15) is 4.98 Å². The Labute approximate surface area is 202 Å². The van der Waals surface area contributed by atoms with E-state index in [2.05, 4.69) is 25.5 Å². The molecule has 0 radical (unpaired) electrons. The molecule has 1 atom stereocenters. The molecular weight excluding hydrogens is 456 g/mol. The van der Waals surface area contributed by atoms with Crippen molar-refractivity contribution < 1.29 is 14.3 Å². The van der Waals surface area contributed by atoms with Crippen LogP contribution in [0.5, 0.6) is 5.75 Å². The van der Waals surface area contributed by atoms with E-state index in [-0.39, 0.29) is 12.1 Å². The first-order chi connectivity index (χ1) is 16.5. The van der Waals surface area contributed by atoms with E-state index in [1.54, 1.807) is 19.1 Å². The number of amides is 1. The fraction of sp³-hybridized carbons (Fsp3) is 0.292. The molecule has 34 heavy (non-hydrogen) atoms. The molecule has 0 aliphatic carbocycles. The van der Waals surface area contributed by atoms with Crippen LogP contribution in [0.15, 0.2) is 48.7 Å². The highest BCUT2D eigenvalue weighted by Crippen LogP contribution is 2.35. The molecule has 0 bridgehead atoms. The Morgan fingerprint density at radius 3 is 2.76 bits per heavy atom. The van der Waals surface area contributed by atoms with Gasteiger partial charge in [0.1, 0.15) is 16.9 Å². The summed E-state index contributed by atoms with van der Waals surface area (Å²) in [5.74, 6) is 1.39. The first-order valence-electron chi connectivity index (χ1n) is 11.0. The molecule has 0 spiro atoms. The van der Waals surface area contributed by atoms with Crippen LogP contribution >= 0.6 is 11.6 Å². The fourth-order valence-electron chi connectivity index (χ4n) is 4.20. The van der Waals surface area contributed by atoms with Crippen molar-refractivity contribution in [1.82, 2.24) is 14.9 Å². The van der Waals surface area contributed by atoms with Crippen LogP contribution < -0.4 is 20.3 Å². The molecule has 1 unspecified atom stereocenters. The molecule has 1 saturated heterocycles. The van der Waals surface area contributed by atoms with Crippen molar-refractivity contribution in [3.8, 4) is 5.75 Å². The molecule has 2 aromatic carbocycles. The molecule has 2 aliphatic heterocycles. The Morgan fingerprint density at radius 2 is 1.97 bits per heavy atom. The third-order valence-corrected chi connectivity index (χ3v) is 6.30. The van der Waals surface area contributed by atoms with Crippen LogP contribution in [0.3, 0.4) is 0 Å². The zero-order valence-corrected chi connectivity index (χ0v) is 19.7. The van der Waals surface area contributed by atoms with Crippen LogP contribution in [0.2, 0.25) is 5.02 Å². The van der Waals surface area contributed by atoms with Crippen LogP contribution in [-0.4, -0.2) is 61.2 Å². The van der Waals surface area contributed by atoms with Gasteiger partial charge in [0.25, 0.3) is 5.91 Å². The Balaban J connectivity index is 1.38. The standard InChI is InChI=1S/C24H25ClN6O3/c1-30-22(16-5-3-4-6-17(16)23(30)32)28-21-18(25)14-26-24(29-21)27-19-8-7-15(13-20(19)33-2)31-9-11-34-12-10-31/h3-8,13-14,22H,9-12H2,1-2H3,(H2,26,27,28,29). The minimum atomic E-state index is -0.383. The fourth-order valence-corrected chi connectivity index (χ4v) is 4.35. The Bertz CT molecular complexity index is 1220. The molecule has 1 aromatic heterocycles. The summed E-state index contributed by atoms with van der Waals surface area (Å²) in [6.07, 6.45) is 1.14. The van der Waals surface area contributed by atoms with Gasteiger partial charge in [-0.05, 0) is 18.2 Å². The number of methoxy groups -OCH3 is 1. The highest BCUT2D eigenvalue weighted by Gasteiger charge is 2.34. The molecule has 176 valence electrons. The predicted molar refractivity (Wildman–Crippen MR) is 131 cm³/mol. The number of benzene rings is 2. The molecular formula is C24H25ClN6O3. The van der Waals surface area contributed by atoms with Gasteiger partial charge in [-0.1, -0.05) is 29.8 Å². The average Bonchev–Trinajstić information content (AvgIpc) is 3.11.